The van der Waals surface area contributed by atoms with Gasteiger partial charge in [-0.1, -0.05) is 31.5 Å². The van der Waals surface area contributed by atoms with Gasteiger partial charge in [0.1, 0.15) is 0 Å². The van der Waals surface area contributed by atoms with Crippen LogP contribution in [0.4, 0.5) is 0 Å². The van der Waals surface area contributed by atoms with Crippen molar-refractivity contribution in [2.45, 2.75) is 57.2 Å². The zero-order valence-corrected chi connectivity index (χ0v) is 17.9. The summed E-state index contributed by atoms with van der Waals surface area (Å²) in [4.78, 5) is 16.7. The molecule has 0 radical (unpaired) electrons. The van der Waals surface area contributed by atoms with Gasteiger partial charge in [0, 0.05) is 53.0 Å². The number of hydrogen-bond acceptors (Lipinski definition) is 3. The Morgan fingerprint density at radius 2 is 1.96 bits per heavy atom. The van der Waals surface area contributed by atoms with Gasteiger partial charge in [0.25, 0.3) is 5.91 Å². The van der Waals surface area contributed by atoms with E-state index in [2.05, 4.69) is 20.9 Å². The number of hydrogen-bond donors (Lipinski definition) is 3. The third-order valence-electron chi connectivity index (χ3n) is 4.89. The lowest BCUT2D eigenvalue weighted by Crippen LogP contribution is -2.46. The highest BCUT2D eigenvalue weighted by Crippen LogP contribution is 2.22. The summed E-state index contributed by atoms with van der Waals surface area (Å²) < 4.78 is 12.1. The van der Waals surface area contributed by atoms with Crippen LogP contribution in [0.25, 0.3) is 0 Å². The number of guanidine groups is 1. The minimum absolute atomic E-state index is 0.0493. The first-order valence-corrected chi connectivity index (χ1v) is 11.8. The lowest BCUT2D eigenvalue weighted by Gasteiger charge is -2.30. The minimum Gasteiger partial charge on any atom is -0.357 e. The van der Waals surface area contributed by atoms with Crippen LogP contribution in [0.3, 0.4) is 0 Å². The Kier molecular flexibility index (Phi) is 10.0. The maximum Gasteiger partial charge on any atom is 0.251 e. The second-order valence-electron chi connectivity index (χ2n) is 7.04. The Bertz CT molecular complexity index is 651. The molecular formula is C21H34N4O2S. The Balaban J connectivity index is 1.75. The lowest BCUT2D eigenvalue weighted by molar-refractivity contribution is 0.0953. The van der Waals surface area contributed by atoms with Gasteiger partial charge in [0.2, 0.25) is 0 Å². The number of rotatable bonds is 9. The van der Waals surface area contributed by atoms with Gasteiger partial charge >= 0.3 is 0 Å². The van der Waals surface area contributed by atoms with E-state index in [1.807, 2.05) is 44.2 Å². The average Bonchev–Trinajstić information content (AvgIpc) is 2.73. The van der Waals surface area contributed by atoms with Crippen LogP contribution < -0.4 is 16.0 Å². The fraction of sp³-hybridized carbons (Fsp3) is 0.619. The fourth-order valence-electron chi connectivity index (χ4n) is 3.43. The molecule has 1 aliphatic rings. The summed E-state index contributed by atoms with van der Waals surface area (Å²) in [6, 6.07) is 9.56. The summed E-state index contributed by atoms with van der Waals surface area (Å²) in [5, 5.41) is 10.0. The van der Waals surface area contributed by atoms with Crippen molar-refractivity contribution in [3.63, 3.8) is 0 Å². The molecule has 6 nitrogen and oxygen atoms in total. The normalized spacial score (nSPS) is 21.0. The van der Waals surface area contributed by atoms with Crippen molar-refractivity contribution in [2.75, 3.05) is 25.4 Å². The summed E-state index contributed by atoms with van der Waals surface area (Å²) >= 11 is 0. The molecule has 3 N–H and O–H groups in total. The number of nitrogens with one attached hydrogen (secondary N) is 3. The standard InChI is InChI=1S/C21H34N4O2S/c1-3-22-21(25-18-12-8-13-19(16-18)28(27)4-2)24-15-9-14-23-20(26)17-10-6-5-7-11-17/h5-7,10-11,18-19H,3-4,8-9,12-16H2,1-2H3,(H,23,26)(H2,22,24,25). The zero-order chi connectivity index (χ0) is 20.2. The van der Waals surface area contributed by atoms with Crippen molar-refractivity contribution >= 4 is 22.7 Å². The van der Waals surface area contributed by atoms with E-state index >= 15 is 0 Å². The van der Waals surface area contributed by atoms with Crippen molar-refractivity contribution < 1.29 is 9.00 Å². The minimum atomic E-state index is -0.722. The molecule has 1 aliphatic carbocycles. The van der Waals surface area contributed by atoms with E-state index in [1.165, 1.54) is 0 Å². The van der Waals surface area contributed by atoms with E-state index in [1.54, 1.807) is 0 Å². The van der Waals surface area contributed by atoms with Crippen LogP contribution in [-0.4, -0.2) is 52.8 Å². The predicted octanol–water partition coefficient (Wildman–Crippen LogP) is 2.44. The van der Waals surface area contributed by atoms with Gasteiger partial charge in [-0.25, -0.2) is 0 Å². The third kappa shape index (κ3) is 7.62. The van der Waals surface area contributed by atoms with Crippen molar-refractivity contribution in [3.8, 4) is 0 Å². The molecule has 0 aliphatic heterocycles. The quantitative estimate of drug-likeness (QED) is 0.334. The van der Waals surface area contributed by atoms with E-state index in [0.717, 1.165) is 50.4 Å². The van der Waals surface area contributed by atoms with Gasteiger partial charge in [-0.2, -0.15) is 0 Å². The Morgan fingerprint density at radius 3 is 2.68 bits per heavy atom. The van der Waals surface area contributed by atoms with Crippen LogP contribution in [0.5, 0.6) is 0 Å². The molecule has 7 heteroatoms. The topological polar surface area (TPSA) is 82.6 Å². The van der Waals surface area contributed by atoms with Gasteiger partial charge in [0.05, 0.1) is 0 Å². The molecular weight excluding hydrogens is 372 g/mol. The number of carbonyl (C=O) groups is 1. The number of amides is 1. The van der Waals surface area contributed by atoms with Crippen LogP contribution in [-0.2, 0) is 10.8 Å². The third-order valence-corrected chi connectivity index (χ3v) is 6.63. The highest BCUT2D eigenvalue weighted by molar-refractivity contribution is 7.85. The molecule has 0 aromatic heterocycles. The summed E-state index contributed by atoms with van der Waals surface area (Å²) in [6.45, 7) is 6.08. The first-order valence-electron chi connectivity index (χ1n) is 10.4. The maximum absolute atomic E-state index is 12.1. The highest BCUT2D eigenvalue weighted by Gasteiger charge is 2.25. The van der Waals surface area contributed by atoms with Crippen LogP contribution in [0.15, 0.2) is 35.3 Å². The highest BCUT2D eigenvalue weighted by atomic mass is 32.2. The molecule has 0 spiro atoms. The Labute approximate surface area is 171 Å². The molecule has 0 heterocycles. The summed E-state index contributed by atoms with van der Waals surface area (Å²) in [5.74, 6) is 1.50. The van der Waals surface area contributed by atoms with E-state index < -0.39 is 10.8 Å². The second-order valence-corrected chi connectivity index (χ2v) is 9.04. The SMILES string of the molecule is CCNC(=NCCCNC(=O)c1ccccc1)NC1CCCC(S(=O)CC)C1. The first-order chi connectivity index (χ1) is 13.6. The number of benzene rings is 1. The van der Waals surface area contributed by atoms with Crippen molar-refractivity contribution in [1.82, 2.24) is 16.0 Å². The molecule has 1 fully saturated rings. The van der Waals surface area contributed by atoms with E-state index in [9.17, 15) is 9.00 Å². The predicted molar refractivity (Wildman–Crippen MR) is 117 cm³/mol. The van der Waals surface area contributed by atoms with Crippen molar-refractivity contribution in [3.05, 3.63) is 35.9 Å². The van der Waals surface area contributed by atoms with Gasteiger partial charge in [-0.15, -0.1) is 0 Å². The Morgan fingerprint density at radius 1 is 1.18 bits per heavy atom. The van der Waals surface area contributed by atoms with Crippen molar-refractivity contribution in [2.24, 2.45) is 4.99 Å². The smallest absolute Gasteiger partial charge is 0.251 e. The molecule has 0 saturated heterocycles. The van der Waals surface area contributed by atoms with Crippen molar-refractivity contribution in [1.29, 1.82) is 0 Å². The van der Waals surface area contributed by atoms with Crippen LogP contribution in [0.1, 0.15) is 56.3 Å². The average molecular weight is 407 g/mol. The fourth-order valence-corrected chi connectivity index (χ4v) is 4.78. The molecule has 1 aromatic rings. The molecule has 2 rings (SSSR count). The zero-order valence-electron chi connectivity index (χ0n) is 17.1. The van der Waals surface area contributed by atoms with Gasteiger partial charge in [0.15, 0.2) is 5.96 Å². The Hall–Kier alpha value is -1.89. The lowest BCUT2D eigenvalue weighted by atomic mass is 9.95. The van der Waals surface area contributed by atoms with E-state index in [-0.39, 0.29) is 5.91 Å². The molecule has 1 saturated carbocycles. The molecule has 0 bridgehead atoms. The van der Waals surface area contributed by atoms with Crippen LogP contribution in [0, 0.1) is 0 Å². The second kappa shape index (κ2) is 12.5. The molecule has 3 unspecified atom stereocenters. The summed E-state index contributed by atoms with van der Waals surface area (Å²) in [5.41, 5.74) is 0.678. The largest absolute Gasteiger partial charge is 0.357 e. The van der Waals surface area contributed by atoms with Crippen LogP contribution >= 0.6 is 0 Å². The molecule has 1 amide bonds. The van der Waals surface area contributed by atoms with Gasteiger partial charge in [-0.3, -0.25) is 14.0 Å². The molecule has 3 atom stereocenters. The molecule has 1 aromatic carbocycles. The summed E-state index contributed by atoms with van der Waals surface area (Å²) in [7, 11) is -0.722. The van der Waals surface area contributed by atoms with Crippen LogP contribution in [0.2, 0.25) is 0 Å². The van der Waals surface area contributed by atoms with Gasteiger partial charge < -0.3 is 16.0 Å². The van der Waals surface area contributed by atoms with E-state index in [4.69, 9.17) is 0 Å². The first kappa shape index (κ1) is 22.4. The monoisotopic (exact) mass is 406 g/mol. The van der Waals surface area contributed by atoms with Gasteiger partial charge in [-0.05, 0) is 44.7 Å². The van der Waals surface area contributed by atoms with E-state index in [0.29, 0.717) is 29.9 Å². The number of nitrogens with zero attached hydrogens (tertiary/aromatic N) is 1. The number of aliphatic imine (C=N–C) groups is 1. The maximum atomic E-state index is 12.1. The number of carbonyl (C=O) groups excluding carboxylic acids is 1. The molecule has 156 valence electrons. The summed E-state index contributed by atoms with van der Waals surface area (Å²) in [6.07, 6.45) is 4.99. The molecule has 28 heavy (non-hydrogen) atoms.